The molecule has 1 aromatic rings. The predicted molar refractivity (Wildman–Crippen MR) is 78.6 cm³/mol. The SMILES string of the molecule is CCCN(CCC)CCCOc1ccc(Cl)cc1. The average Bonchev–Trinajstić information content (AvgIpc) is 2.37. The monoisotopic (exact) mass is 269 g/mol. The largest absolute Gasteiger partial charge is 0.494 e. The molecular formula is C15H24ClNO. The summed E-state index contributed by atoms with van der Waals surface area (Å²) in [5.74, 6) is 0.900. The summed E-state index contributed by atoms with van der Waals surface area (Å²) < 4.78 is 5.68. The first-order valence-electron chi connectivity index (χ1n) is 6.87. The molecule has 0 spiro atoms. The van der Waals surface area contributed by atoms with Crippen molar-refractivity contribution in [2.24, 2.45) is 0 Å². The topological polar surface area (TPSA) is 12.5 Å². The Morgan fingerprint density at radius 1 is 1.00 bits per heavy atom. The lowest BCUT2D eigenvalue weighted by Crippen LogP contribution is -2.27. The maximum Gasteiger partial charge on any atom is 0.119 e. The second-order valence-corrected chi connectivity index (χ2v) is 4.93. The Morgan fingerprint density at radius 3 is 2.17 bits per heavy atom. The van der Waals surface area contributed by atoms with Crippen LogP contribution in [0.2, 0.25) is 5.02 Å². The highest BCUT2D eigenvalue weighted by atomic mass is 35.5. The zero-order valence-corrected chi connectivity index (χ0v) is 12.2. The van der Waals surface area contributed by atoms with Gasteiger partial charge in [-0.05, 0) is 56.6 Å². The van der Waals surface area contributed by atoms with Crippen molar-refractivity contribution in [3.05, 3.63) is 29.3 Å². The molecule has 1 aromatic carbocycles. The fourth-order valence-electron chi connectivity index (χ4n) is 1.98. The standard InChI is InChI=1S/C15H24ClNO/c1-3-10-17(11-4-2)12-5-13-18-15-8-6-14(16)7-9-15/h6-9H,3-5,10-13H2,1-2H3. The molecule has 0 fully saturated rings. The van der Waals surface area contributed by atoms with Gasteiger partial charge in [-0.25, -0.2) is 0 Å². The molecule has 1 rings (SSSR count). The van der Waals surface area contributed by atoms with E-state index in [1.165, 1.54) is 25.9 Å². The minimum Gasteiger partial charge on any atom is -0.494 e. The quantitative estimate of drug-likeness (QED) is 0.622. The first kappa shape index (κ1) is 15.3. The number of ether oxygens (including phenoxy) is 1. The average molecular weight is 270 g/mol. The van der Waals surface area contributed by atoms with Crippen LogP contribution in [0.1, 0.15) is 33.1 Å². The third kappa shape index (κ3) is 6.27. The Bertz CT molecular complexity index is 307. The molecule has 0 unspecified atom stereocenters. The lowest BCUT2D eigenvalue weighted by Gasteiger charge is -2.20. The summed E-state index contributed by atoms with van der Waals surface area (Å²) in [6.45, 7) is 8.73. The molecular weight excluding hydrogens is 246 g/mol. The number of nitrogens with zero attached hydrogens (tertiary/aromatic N) is 1. The third-order valence-electron chi connectivity index (χ3n) is 2.78. The van der Waals surface area contributed by atoms with Gasteiger partial charge in [0.2, 0.25) is 0 Å². The van der Waals surface area contributed by atoms with E-state index in [0.717, 1.165) is 30.3 Å². The molecule has 0 aromatic heterocycles. The summed E-state index contributed by atoms with van der Waals surface area (Å²) in [4.78, 5) is 2.51. The van der Waals surface area contributed by atoms with E-state index in [4.69, 9.17) is 16.3 Å². The molecule has 0 radical (unpaired) electrons. The van der Waals surface area contributed by atoms with Crippen LogP contribution in [0.15, 0.2) is 24.3 Å². The minimum atomic E-state index is 0.749. The molecule has 0 saturated carbocycles. The number of benzene rings is 1. The van der Waals surface area contributed by atoms with Crippen molar-refractivity contribution in [2.45, 2.75) is 33.1 Å². The summed E-state index contributed by atoms with van der Waals surface area (Å²) in [5, 5.41) is 0.749. The lowest BCUT2D eigenvalue weighted by molar-refractivity contribution is 0.234. The first-order chi connectivity index (χ1) is 8.76. The molecule has 3 heteroatoms. The van der Waals surface area contributed by atoms with Crippen molar-refractivity contribution < 1.29 is 4.74 Å². The highest BCUT2D eigenvalue weighted by molar-refractivity contribution is 6.30. The normalized spacial score (nSPS) is 10.9. The van der Waals surface area contributed by atoms with E-state index in [0.29, 0.717) is 0 Å². The lowest BCUT2D eigenvalue weighted by atomic mass is 10.3. The smallest absolute Gasteiger partial charge is 0.119 e. The summed E-state index contributed by atoms with van der Waals surface area (Å²) >= 11 is 5.82. The summed E-state index contributed by atoms with van der Waals surface area (Å²) in [7, 11) is 0. The van der Waals surface area contributed by atoms with E-state index in [9.17, 15) is 0 Å². The van der Waals surface area contributed by atoms with E-state index in [1.54, 1.807) is 0 Å². The predicted octanol–water partition coefficient (Wildman–Crippen LogP) is 4.23. The van der Waals surface area contributed by atoms with Crippen molar-refractivity contribution in [3.63, 3.8) is 0 Å². The first-order valence-corrected chi connectivity index (χ1v) is 7.24. The molecule has 18 heavy (non-hydrogen) atoms. The van der Waals surface area contributed by atoms with Crippen LogP contribution in [0.5, 0.6) is 5.75 Å². The Morgan fingerprint density at radius 2 is 1.61 bits per heavy atom. The second kappa shape index (κ2) is 9.23. The van der Waals surface area contributed by atoms with E-state index in [-0.39, 0.29) is 0 Å². The van der Waals surface area contributed by atoms with Crippen LogP contribution in [-0.4, -0.2) is 31.1 Å². The molecule has 0 heterocycles. The van der Waals surface area contributed by atoms with Crippen LogP contribution in [0.4, 0.5) is 0 Å². The van der Waals surface area contributed by atoms with Gasteiger partial charge in [0.15, 0.2) is 0 Å². The number of hydrogen-bond donors (Lipinski definition) is 0. The Hall–Kier alpha value is -0.730. The van der Waals surface area contributed by atoms with Crippen LogP contribution in [0, 0.1) is 0 Å². The molecule has 0 aliphatic carbocycles. The number of rotatable bonds is 9. The molecule has 2 nitrogen and oxygen atoms in total. The Kier molecular flexibility index (Phi) is 7.86. The highest BCUT2D eigenvalue weighted by Crippen LogP contribution is 2.15. The zero-order chi connectivity index (χ0) is 13.2. The van der Waals surface area contributed by atoms with Gasteiger partial charge in [0.05, 0.1) is 6.61 Å². The van der Waals surface area contributed by atoms with Gasteiger partial charge in [-0.2, -0.15) is 0 Å². The van der Waals surface area contributed by atoms with E-state index in [2.05, 4.69) is 18.7 Å². The van der Waals surface area contributed by atoms with Crippen LogP contribution >= 0.6 is 11.6 Å². The second-order valence-electron chi connectivity index (χ2n) is 4.50. The van der Waals surface area contributed by atoms with Gasteiger partial charge in [0, 0.05) is 11.6 Å². The molecule has 0 saturated heterocycles. The van der Waals surface area contributed by atoms with Gasteiger partial charge in [0.1, 0.15) is 5.75 Å². The maximum absolute atomic E-state index is 5.82. The minimum absolute atomic E-state index is 0.749. The van der Waals surface area contributed by atoms with E-state index in [1.807, 2.05) is 24.3 Å². The number of hydrogen-bond acceptors (Lipinski definition) is 2. The van der Waals surface area contributed by atoms with Crippen LogP contribution in [-0.2, 0) is 0 Å². The maximum atomic E-state index is 5.82. The van der Waals surface area contributed by atoms with Gasteiger partial charge in [-0.15, -0.1) is 0 Å². The molecule has 0 amide bonds. The van der Waals surface area contributed by atoms with Gasteiger partial charge in [-0.1, -0.05) is 25.4 Å². The van der Waals surface area contributed by atoms with Crippen molar-refractivity contribution in [1.29, 1.82) is 0 Å². The summed E-state index contributed by atoms with van der Waals surface area (Å²) in [6.07, 6.45) is 3.51. The third-order valence-corrected chi connectivity index (χ3v) is 3.03. The molecule has 0 aliphatic rings. The molecule has 102 valence electrons. The molecule has 0 bridgehead atoms. The van der Waals surface area contributed by atoms with Crippen molar-refractivity contribution in [1.82, 2.24) is 4.90 Å². The van der Waals surface area contributed by atoms with Crippen LogP contribution < -0.4 is 4.74 Å². The summed E-state index contributed by atoms with van der Waals surface area (Å²) in [5.41, 5.74) is 0. The highest BCUT2D eigenvalue weighted by Gasteiger charge is 2.02. The van der Waals surface area contributed by atoms with Crippen LogP contribution in [0.25, 0.3) is 0 Å². The fraction of sp³-hybridized carbons (Fsp3) is 0.600. The number of halogens is 1. The van der Waals surface area contributed by atoms with Gasteiger partial charge in [0.25, 0.3) is 0 Å². The van der Waals surface area contributed by atoms with E-state index < -0.39 is 0 Å². The van der Waals surface area contributed by atoms with Gasteiger partial charge >= 0.3 is 0 Å². The van der Waals surface area contributed by atoms with Crippen molar-refractivity contribution >= 4 is 11.6 Å². The van der Waals surface area contributed by atoms with Gasteiger partial charge < -0.3 is 9.64 Å². The Balaban J connectivity index is 2.18. The van der Waals surface area contributed by atoms with Crippen LogP contribution in [0.3, 0.4) is 0 Å². The molecule has 0 aliphatic heterocycles. The molecule has 0 N–H and O–H groups in total. The Labute approximate surface area is 116 Å². The van der Waals surface area contributed by atoms with Crippen molar-refractivity contribution in [3.8, 4) is 5.75 Å². The molecule has 0 atom stereocenters. The zero-order valence-electron chi connectivity index (χ0n) is 11.5. The fourth-order valence-corrected chi connectivity index (χ4v) is 2.10. The van der Waals surface area contributed by atoms with E-state index >= 15 is 0 Å². The van der Waals surface area contributed by atoms with Gasteiger partial charge in [-0.3, -0.25) is 0 Å². The van der Waals surface area contributed by atoms with Crippen molar-refractivity contribution in [2.75, 3.05) is 26.2 Å². The summed E-state index contributed by atoms with van der Waals surface area (Å²) in [6, 6.07) is 7.55.